The van der Waals surface area contributed by atoms with Gasteiger partial charge < -0.3 is 10.6 Å². The molecule has 1 saturated heterocycles. The van der Waals surface area contributed by atoms with E-state index in [-0.39, 0.29) is 5.41 Å². The lowest BCUT2D eigenvalue weighted by atomic mass is 9.87. The molecule has 2 N–H and O–H groups in total. The van der Waals surface area contributed by atoms with Crippen molar-refractivity contribution >= 4 is 12.2 Å². The van der Waals surface area contributed by atoms with Gasteiger partial charge in [0.1, 0.15) is 0 Å². The molecular formula is C23H30N2. The Morgan fingerprint density at radius 2 is 1.72 bits per heavy atom. The molecule has 0 saturated carbocycles. The van der Waals surface area contributed by atoms with Gasteiger partial charge in [0, 0.05) is 26.2 Å². The molecule has 132 valence electrons. The minimum Gasteiger partial charge on any atom is -0.316 e. The van der Waals surface area contributed by atoms with Crippen LogP contribution in [0.1, 0.15) is 43.0 Å². The van der Waals surface area contributed by atoms with Gasteiger partial charge >= 0.3 is 0 Å². The highest BCUT2D eigenvalue weighted by atomic mass is 15.0. The van der Waals surface area contributed by atoms with Crippen LogP contribution in [0.15, 0.2) is 48.5 Å². The van der Waals surface area contributed by atoms with E-state index in [0.29, 0.717) is 0 Å². The molecular weight excluding hydrogens is 304 g/mol. The Morgan fingerprint density at radius 3 is 2.36 bits per heavy atom. The van der Waals surface area contributed by atoms with Crippen molar-refractivity contribution in [2.75, 3.05) is 19.6 Å². The summed E-state index contributed by atoms with van der Waals surface area (Å²) in [6.45, 7) is 11.1. The van der Waals surface area contributed by atoms with Crippen LogP contribution in [-0.4, -0.2) is 19.6 Å². The second-order valence-corrected chi connectivity index (χ2v) is 8.11. The van der Waals surface area contributed by atoms with Crippen LogP contribution in [0, 0.1) is 5.92 Å². The number of hydrogen-bond acceptors (Lipinski definition) is 2. The first kappa shape index (κ1) is 17.9. The number of nitrogens with one attached hydrogen (secondary N) is 2. The van der Waals surface area contributed by atoms with Crippen molar-refractivity contribution in [3.63, 3.8) is 0 Å². The summed E-state index contributed by atoms with van der Waals surface area (Å²) in [5.41, 5.74) is 5.43. The number of rotatable bonds is 6. The summed E-state index contributed by atoms with van der Waals surface area (Å²) in [4.78, 5) is 0. The largest absolute Gasteiger partial charge is 0.316 e. The van der Waals surface area contributed by atoms with Gasteiger partial charge in [-0.05, 0) is 33.6 Å². The fourth-order valence-electron chi connectivity index (χ4n) is 3.01. The van der Waals surface area contributed by atoms with Crippen LogP contribution in [-0.2, 0) is 12.0 Å². The van der Waals surface area contributed by atoms with Gasteiger partial charge in [-0.2, -0.15) is 0 Å². The molecule has 1 aliphatic heterocycles. The molecule has 0 radical (unpaired) electrons. The molecule has 2 aromatic rings. The monoisotopic (exact) mass is 334 g/mol. The second-order valence-electron chi connectivity index (χ2n) is 8.11. The Morgan fingerprint density at radius 1 is 1.00 bits per heavy atom. The first-order valence-corrected chi connectivity index (χ1v) is 9.30. The maximum absolute atomic E-state index is 3.56. The van der Waals surface area contributed by atoms with Crippen molar-refractivity contribution in [1.29, 1.82) is 0 Å². The van der Waals surface area contributed by atoms with Gasteiger partial charge in [-0.25, -0.2) is 0 Å². The molecule has 0 spiro atoms. The van der Waals surface area contributed by atoms with Crippen LogP contribution < -0.4 is 10.6 Å². The average Bonchev–Trinajstić information content (AvgIpc) is 2.55. The van der Waals surface area contributed by atoms with E-state index in [1.165, 1.54) is 22.3 Å². The highest BCUT2D eigenvalue weighted by molar-refractivity contribution is 5.70. The van der Waals surface area contributed by atoms with E-state index in [1.807, 2.05) is 0 Å². The Hall–Kier alpha value is -1.90. The summed E-state index contributed by atoms with van der Waals surface area (Å²) >= 11 is 0. The van der Waals surface area contributed by atoms with Crippen molar-refractivity contribution in [3.05, 3.63) is 70.8 Å². The minimum atomic E-state index is 0.207. The number of benzene rings is 2. The smallest absolute Gasteiger partial charge is 0.0205 e. The lowest BCUT2D eigenvalue weighted by Crippen LogP contribution is -2.47. The molecule has 1 fully saturated rings. The van der Waals surface area contributed by atoms with Gasteiger partial charge in [-0.1, -0.05) is 81.5 Å². The molecule has 2 nitrogen and oxygen atoms in total. The highest BCUT2D eigenvalue weighted by Gasteiger charge is 2.15. The zero-order valence-electron chi connectivity index (χ0n) is 15.7. The van der Waals surface area contributed by atoms with E-state index >= 15 is 0 Å². The summed E-state index contributed by atoms with van der Waals surface area (Å²) < 4.78 is 0. The highest BCUT2D eigenvalue weighted by Crippen LogP contribution is 2.22. The summed E-state index contributed by atoms with van der Waals surface area (Å²) in [6, 6.07) is 17.6. The summed E-state index contributed by atoms with van der Waals surface area (Å²) in [5.74, 6) is 0.805. The average molecular weight is 335 g/mol. The standard InChI is InChI=1S/C23H30N2/c1-23(2,3)22-11-9-18(10-12-22)7-8-19-5-4-6-20(13-19)14-24-15-21-16-25-17-21/h4-13,21,24-25H,14-17H2,1-3H3/b8-7-. The second kappa shape index (κ2) is 7.99. The van der Waals surface area contributed by atoms with Crippen LogP contribution in [0.5, 0.6) is 0 Å². The van der Waals surface area contributed by atoms with Crippen LogP contribution in [0.3, 0.4) is 0 Å². The molecule has 25 heavy (non-hydrogen) atoms. The molecule has 1 aliphatic rings. The molecule has 2 aromatic carbocycles. The fraction of sp³-hybridized carbons (Fsp3) is 0.391. The Bertz CT molecular complexity index is 704. The first-order chi connectivity index (χ1) is 12.0. The van der Waals surface area contributed by atoms with Crippen molar-refractivity contribution < 1.29 is 0 Å². The first-order valence-electron chi connectivity index (χ1n) is 9.30. The van der Waals surface area contributed by atoms with Crippen LogP contribution in [0.25, 0.3) is 12.2 Å². The molecule has 0 bridgehead atoms. The normalized spacial score (nSPS) is 15.5. The Labute approximate surface area is 152 Å². The zero-order chi connectivity index (χ0) is 17.7. The van der Waals surface area contributed by atoms with E-state index in [0.717, 1.165) is 32.1 Å². The van der Waals surface area contributed by atoms with Gasteiger partial charge in [0.2, 0.25) is 0 Å². The van der Waals surface area contributed by atoms with Crippen LogP contribution in [0.2, 0.25) is 0 Å². The van der Waals surface area contributed by atoms with Gasteiger partial charge in [-0.3, -0.25) is 0 Å². The lowest BCUT2D eigenvalue weighted by molar-refractivity contribution is 0.331. The lowest BCUT2D eigenvalue weighted by Gasteiger charge is -2.27. The predicted octanol–water partition coefficient (Wildman–Crippen LogP) is 4.46. The molecule has 0 aromatic heterocycles. The third-order valence-electron chi connectivity index (χ3n) is 4.82. The predicted molar refractivity (Wildman–Crippen MR) is 109 cm³/mol. The SMILES string of the molecule is CC(C)(C)c1ccc(/C=C\c2cccc(CNCC3CNC3)c2)cc1. The molecule has 0 unspecified atom stereocenters. The summed E-state index contributed by atoms with van der Waals surface area (Å²) in [5, 5.41) is 6.87. The molecule has 0 atom stereocenters. The molecule has 1 heterocycles. The topological polar surface area (TPSA) is 24.1 Å². The van der Waals surface area contributed by atoms with E-state index in [9.17, 15) is 0 Å². The zero-order valence-corrected chi connectivity index (χ0v) is 15.7. The molecule has 2 heteroatoms. The maximum atomic E-state index is 3.56. The van der Waals surface area contributed by atoms with Crippen LogP contribution in [0.4, 0.5) is 0 Å². The van der Waals surface area contributed by atoms with Gasteiger partial charge in [0.05, 0.1) is 0 Å². The quantitative estimate of drug-likeness (QED) is 0.762. The molecule has 0 aliphatic carbocycles. The number of hydrogen-bond donors (Lipinski definition) is 2. The van der Waals surface area contributed by atoms with Gasteiger partial charge in [0.15, 0.2) is 0 Å². The maximum Gasteiger partial charge on any atom is 0.0205 e. The Kier molecular flexibility index (Phi) is 5.72. The van der Waals surface area contributed by atoms with Crippen molar-refractivity contribution in [3.8, 4) is 0 Å². The van der Waals surface area contributed by atoms with Gasteiger partial charge in [-0.15, -0.1) is 0 Å². The van der Waals surface area contributed by atoms with Crippen molar-refractivity contribution in [1.82, 2.24) is 10.6 Å². The van der Waals surface area contributed by atoms with E-state index in [4.69, 9.17) is 0 Å². The van der Waals surface area contributed by atoms with Crippen molar-refractivity contribution in [2.24, 2.45) is 5.92 Å². The van der Waals surface area contributed by atoms with E-state index in [2.05, 4.69) is 92.1 Å². The third-order valence-corrected chi connectivity index (χ3v) is 4.82. The fourth-order valence-corrected chi connectivity index (χ4v) is 3.01. The van der Waals surface area contributed by atoms with E-state index in [1.54, 1.807) is 0 Å². The van der Waals surface area contributed by atoms with Crippen molar-refractivity contribution in [2.45, 2.75) is 32.7 Å². The minimum absolute atomic E-state index is 0.207. The third kappa shape index (κ3) is 5.29. The van der Waals surface area contributed by atoms with E-state index < -0.39 is 0 Å². The van der Waals surface area contributed by atoms with Crippen LogP contribution >= 0.6 is 0 Å². The molecule has 0 amide bonds. The summed E-state index contributed by atoms with van der Waals surface area (Å²) in [7, 11) is 0. The molecule has 3 rings (SSSR count). The summed E-state index contributed by atoms with van der Waals surface area (Å²) in [6.07, 6.45) is 4.39. The van der Waals surface area contributed by atoms with Gasteiger partial charge in [0.25, 0.3) is 0 Å². The Balaban J connectivity index is 1.58.